The highest BCUT2D eigenvalue weighted by Crippen LogP contribution is 2.23. The lowest BCUT2D eigenvalue weighted by molar-refractivity contribution is 0.315. The molecule has 72 valence electrons. The minimum Gasteiger partial charge on any atom is -0.493 e. The molecule has 1 aromatic carbocycles. The molecule has 0 bridgehead atoms. The fraction of sp³-hybridized carbons (Fsp3) is 0.500. The Morgan fingerprint density at radius 2 is 1.77 bits per heavy atom. The second-order valence-electron chi connectivity index (χ2n) is 3.48. The minimum atomic E-state index is 0.809. The van der Waals surface area contributed by atoms with Crippen LogP contribution < -0.4 is 4.74 Å². The van der Waals surface area contributed by atoms with Crippen molar-refractivity contribution in [1.29, 1.82) is 0 Å². The third-order valence-corrected chi connectivity index (χ3v) is 2.47. The molecule has 0 atom stereocenters. The zero-order valence-electron chi connectivity index (χ0n) is 8.98. The van der Waals surface area contributed by atoms with Crippen molar-refractivity contribution >= 4 is 0 Å². The van der Waals surface area contributed by atoms with Gasteiger partial charge in [-0.05, 0) is 49.9 Å². The predicted octanol–water partition coefficient (Wildman–Crippen LogP) is 3.40. The molecule has 0 aromatic heterocycles. The van der Waals surface area contributed by atoms with E-state index in [1.807, 2.05) is 0 Å². The van der Waals surface area contributed by atoms with Crippen LogP contribution in [0.3, 0.4) is 0 Å². The molecule has 0 N–H and O–H groups in total. The van der Waals surface area contributed by atoms with Crippen LogP contribution >= 0.6 is 0 Å². The minimum absolute atomic E-state index is 0.809. The van der Waals surface area contributed by atoms with Crippen LogP contribution in [0.2, 0.25) is 0 Å². The highest BCUT2D eigenvalue weighted by molar-refractivity contribution is 5.42. The molecular formula is C12H18O. The molecule has 0 saturated heterocycles. The van der Waals surface area contributed by atoms with Crippen molar-refractivity contribution in [1.82, 2.24) is 0 Å². The van der Waals surface area contributed by atoms with Gasteiger partial charge in [-0.1, -0.05) is 13.0 Å². The van der Waals surface area contributed by atoms with Crippen molar-refractivity contribution in [2.24, 2.45) is 0 Å². The first-order chi connectivity index (χ1) is 6.16. The van der Waals surface area contributed by atoms with Crippen LogP contribution in [0.1, 0.15) is 30.0 Å². The Bertz CT molecular complexity index is 289. The number of ether oxygens (including phenoxy) is 1. The maximum Gasteiger partial charge on any atom is 0.122 e. The van der Waals surface area contributed by atoms with Crippen molar-refractivity contribution in [3.8, 4) is 5.75 Å². The summed E-state index contributed by atoms with van der Waals surface area (Å²) in [7, 11) is 0. The average molecular weight is 178 g/mol. The van der Waals surface area contributed by atoms with E-state index in [0.717, 1.165) is 18.8 Å². The number of aryl methyl sites for hydroxylation is 1. The highest BCUT2D eigenvalue weighted by atomic mass is 16.5. The molecule has 1 nitrogen and oxygen atoms in total. The second-order valence-corrected chi connectivity index (χ2v) is 3.48. The molecule has 0 fully saturated rings. The second kappa shape index (κ2) is 4.31. The summed E-state index contributed by atoms with van der Waals surface area (Å²) in [6.07, 6.45) is 1.06. The summed E-state index contributed by atoms with van der Waals surface area (Å²) in [6, 6.07) is 4.18. The van der Waals surface area contributed by atoms with Crippen molar-refractivity contribution in [2.75, 3.05) is 6.61 Å². The Morgan fingerprint density at radius 3 is 2.38 bits per heavy atom. The molecule has 1 aromatic rings. The molecule has 0 aliphatic rings. The number of rotatable bonds is 3. The third kappa shape index (κ3) is 2.24. The Balaban J connectivity index is 2.90. The van der Waals surface area contributed by atoms with E-state index in [9.17, 15) is 0 Å². The smallest absolute Gasteiger partial charge is 0.122 e. The quantitative estimate of drug-likeness (QED) is 0.689. The summed E-state index contributed by atoms with van der Waals surface area (Å²) in [4.78, 5) is 0. The van der Waals surface area contributed by atoms with E-state index in [2.05, 4.69) is 39.8 Å². The summed E-state index contributed by atoms with van der Waals surface area (Å²) in [5.74, 6) is 1.03. The van der Waals surface area contributed by atoms with Crippen molar-refractivity contribution in [3.63, 3.8) is 0 Å². The van der Waals surface area contributed by atoms with Crippen LogP contribution in [0.4, 0.5) is 0 Å². The summed E-state index contributed by atoms with van der Waals surface area (Å²) in [6.45, 7) is 9.32. The van der Waals surface area contributed by atoms with Gasteiger partial charge in [-0.2, -0.15) is 0 Å². The summed E-state index contributed by atoms with van der Waals surface area (Å²) >= 11 is 0. The van der Waals surface area contributed by atoms with Crippen LogP contribution in [0.25, 0.3) is 0 Å². The number of hydrogen-bond acceptors (Lipinski definition) is 1. The predicted molar refractivity (Wildman–Crippen MR) is 56.4 cm³/mol. The lowest BCUT2D eigenvalue weighted by atomic mass is 10.0. The van der Waals surface area contributed by atoms with Crippen LogP contribution in [-0.4, -0.2) is 6.61 Å². The van der Waals surface area contributed by atoms with Gasteiger partial charge in [0.1, 0.15) is 5.75 Å². The van der Waals surface area contributed by atoms with E-state index in [1.165, 1.54) is 16.7 Å². The molecular weight excluding hydrogens is 160 g/mol. The van der Waals surface area contributed by atoms with E-state index >= 15 is 0 Å². The summed E-state index contributed by atoms with van der Waals surface area (Å²) < 4.78 is 5.62. The molecule has 0 radical (unpaired) electrons. The van der Waals surface area contributed by atoms with Crippen LogP contribution in [-0.2, 0) is 0 Å². The first-order valence-corrected chi connectivity index (χ1v) is 4.86. The molecule has 13 heavy (non-hydrogen) atoms. The number of benzene rings is 1. The van der Waals surface area contributed by atoms with Crippen molar-refractivity contribution < 1.29 is 4.74 Å². The lowest BCUT2D eigenvalue weighted by Crippen LogP contribution is -1.98. The molecule has 0 aliphatic carbocycles. The zero-order valence-corrected chi connectivity index (χ0v) is 8.98. The molecule has 0 unspecified atom stereocenters. The van der Waals surface area contributed by atoms with E-state index in [-0.39, 0.29) is 0 Å². The molecule has 0 aliphatic heterocycles. The van der Waals surface area contributed by atoms with Crippen molar-refractivity contribution in [2.45, 2.75) is 34.1 Å². The van der Waals surface area contributed by atoms with Gasteiger partial charge in [-0.3, -0.25) is 0 Å². The maximum atomic E-state index is 5.62. The normalized spacial score (nSPS) is 10.2. The van der Waals surface area contributed by atoms with Crippen LogP contribution in [0.5, 0.6) is 5.75 Å². The SMILES string of the molecule is CCCOc1ccc(C)c(C)c1C. The first kappa shape index (κ1) is 10.1. The van der Waals surface area contributed by atoms with Crippen molar-refractivity contribution in [3.05, 3.63) is 28.8 Å². The molecule has 0 heterocycles. The third-order valence-electron chi connectivity index (χ3n) is 2.47. The van der Waals surface area contributed by atoms with Gasteiger partial charge in [0.15, 0.2) is 0 Å². The highest BCUT2D eigenvalue weighted by Gasteiger charge is 2.03. The Kier molecular flexibility index (Phi) is 3.35. The molecule has 1 heteroatoms. The molecule has 0 amide bonds. The van der Waals surface area contributed by atoms with E-state index < -0.39 is 0 Å². The molecule has 1 rings (SSSR count). The molecule has 0 spiro atoms. The monoisotopic (exact) mass is 178 g/mol. The van der Waals surface area contributed by atoms with E-state index in [4.69, 9.17) is 4.74 Å². The fourth-order valence-corrected chi connectivity index (χ4v) is 1.30. The summed E-state index contributed by atoms with van der Waals surface area (Å²) in [5.41, 5.74) is 3.95. The number of hydrogen-bond donors (Lipinski definition) is 0. The van der Waals surface area contributed by atoms with Crippen LogP contribution in [0.15, 0.2) is 12.1 Å². The average Bonchev–Trinajstić information content (AvgIpc) is 2.13. The maximum absolute atomic E-state index is 5.62. The lowest BCUT2D eigenvalue weighted by Gasteiger charge is -2.11. The van der Waals surface area contributed by atoms with Gasteiger partial charge < -0.3 is 4.74 Å². The topological polar surface area (TPSA) is 9.23 Å². The van der Waals surface area contributed by atoms with Gasteiger partial charge in [0.05, 0.1) is 6.61 Å². The van der Waals surface area contributed by atoms with Gasteiger partial charge in [-0.15, -0.1) is 0 Å². The van der Waals surface area contributed by atoms with Gasteiger partial charge >= 0.3 is 0 Å². The fourth-order valence-electron chi connectivity index (χ4n) is 1.30. The first-order valence-electron chi connectivity index (χ1n) is 4.86. The standard InChI is InChI=1S/C12H18O/c1-5-8-13-12-7-6-9(2)10(3)11(12)4/h6-7H,5,8H2,1-4H3. The van der Waals surface area contributed by atoms with E-state index in [1.54, 1.807) is 0 Å². The van der Waals surface area contributed by atoms with Gasteiger partial charge in [0, 0.05) is 0 Å². The Labute approximate surface area is 80.7 Å². The Hall–Kier alpha value is -0.980. The van der Waals surface area contributed by atoms with Gasteiger partial charge in [-0.25, -0.2) is 0 Å². The largest absolute Gasteiger partial charge is 0.493 e. The van der Waals surface area contributed by atoms with Crippen LogP contribution in [0, 0.1) is 20.8 Å². The molecule has 0 saturated carbocycles. The van der Waals surface area contributed by atoms with Gasteiger partial charge in [0.25, 0.3) is 0 Å². The zero-order chi connectivity index (χ0) is 9.84. The van der Waals surface area contributed by atoms with Gasteiger partial charge in [0.2, 0.25) is 0 Å². The van der Waals surface area contributed by atoms with E-state index in [0.29, 0.717) is 0 Å². The summed E-state index contributed by atoms with van der Waals surface area (Å²) in [5, 5.41) is 0. The Morgan fingerprint density at radius 1 is 1.08 bits per heavy atom.